The fourth-order valence-corrected chi connectivity index (χ4v) is 4.90. The quantitative estimate of drug-likeness (QED) is 0.683. The average Bonchev–Trinajstić information content (AvgIpc) is 3.64. The van der Waals surface area contributed by atoms with Crippen LogP contribution in [0.15, 0.2) is 42.6 Å². The first kappa shape index (κ1) is 19.6. The summed E-state index contributed by atoms with van der Waals surface area (Å²) in [6.07, 6.45) is 9.23. The number of piperidine rings is 1. The van der Waals surface area contributed by atoms with Crippen LogP contribution in [0.1, 0.15) is 43.7 Å². The molecule has 0 radical (unpaired) electrons. The van der Waals surface area contributed by atoms with E-state index >= 15 is 0 Å². The molecule has 3 fully saturated rings. The van der Waals surface area contributed by atoms with E-state index in [0.29, 0.717) is 0 Å². The van der Waals surface area contributed by atoms with Crippen LogP contribution in [0, 0.1) is 5.92 Å². The minimum Gasteiger partial charge on any atom is -0.354 e. The van der Waals surface area contributed by atoms with Gasteiger partial charge in [-0.25, -0.2) is 4.98 Å². The number of likely N-dealkylation sites (tertiary alicyclic amines) is 1. The molecule has 30 heavy (non-hydrogen) atoms. The lowest BCUT2D eigenvalue weighted by molar-refractivity contribution is -0.121. The number of piperazine rings is 1. The SMILES string of the molecule is O=CN1CCCCC1c1ccc(-c2ccc(N3CCN(CC4CC4)CC3)nc2)cc1. The summed E-state index contributed by atoms with van der Waals surface area (Å²) in [5, 5.41) is 0. The van der Waals surface area contributed by atoms with Crippen molar-refractivity contribution >= 4 is 12.2 Å². The Morgan fingerprint density at radius 1 is 0.867 bits per heavy atom. The monoisotopic (exact) mass is 404 g/mol. The molecule has 1 amide bonds. The van der Waals surface area contributed by atoms with Crippen molar-refractivity contribution in [3.05, 3.63) is 48.2 Å². The van der Waals surface area contributed by atoms with Gasteiger partial charge in [-0.2, -0.15) is 0 Å². The highest BCUT2D eigenvalue weighted by Gasteiger charge is 2.26. The maximum absolute atomic E-state index is 11.4. The maximum Gasteiger partial charge on any atom is 0.210 e. The Morgan fingerprint density at radius 2 is 1.63 bits per heavy atom. The fraction of sp³-hybridized carbons (Fsp3) is 0.520. The first-order valence-corrected chi connectivity index (χ1v) is 11.5. The Hall–Kier alpha value is -2.40. The van der Waals surface area contributed by atoms with Crippen molar-refractivity contribution in [2.45, 2.75) is 38.1 Å². The summed E-state index contributed by atoms with van der Waals surface area (Å²) in [4.78, 5) is 23.1. The Morgan fingerprint density at radius 3 is 2.30 bits per heavy atom. The van der Waals surface area contributed by atoms with Gasteiger partial charge in [0.2, 0.25) is 6.41 Å². The van der Waals surface area contributed by atoms with Gasteiger partial charge in [0.05, 0.1) is 6.04 Å². The first-order chi connectivity index (χ1) is 14.8. The van der Waals surface area contributed by atoms with Gasteiger partial charge < -0.3 is 9.80 Å². The zero-order valence-electron chi connectivity index (χ0n) is 17.7. The summed E-state index contributed by atoms with van der Waals surface area (Å²) in [7, 11) is 0. The van der Waals surface area contributed by atoms with Gasteiger partial charge in [-0.05, 0) is 61.3 Å². The Balaban J connectivity index is 1.21. The second kappa shape index (κ2) is 8.76. The molecule has 1 aromatic carbocycles. The van der Waals surface area contributed by atoms with Crippen LogP contribution < -0.4 is 4.90 Å². The number of amides is 1. The Labute approximate surface area is 179 Å². The van der Waals surface area contributed by atoms with E-state index in [1.54, 1.807) is 0 Å². The van der Waals surface area contributed by atoms with Crippen molar-refractivity contribution in [3.63, 3.8) is 0 Å². The standard InChI is InChI=1S/C25H32N4O/c30-19-29-12-2-1-3-24(29)22-8-6-21(7-9-22)23-10-11-25(26-17-23)28-15-13-27(14-16-28)18-20-4-5-20/h6-11,17,19-20,24H,1-5,12-16,18H2. The van der Waals surface area contributed by atoms with E-state index in [-0.39, 0.29) is 6.04 Å². The third-order valence-corrected chi connectivity index (χ3v) is 6.97. The first-order valence-electron chi connectivity index (χ1n) is 11.5. The van der Waals surface area contributed by atoms with Crippen molar-refractivity contribution in [3.8, 4) is 11.1 Å². The van der Waals surface area contributed by atoms with E-state index in [9.17, 15) is 4.79 Å². The van der Waals surface area contributed by atoms with E-state index in [4.69, 9.17) is 4.98 Å². The molecule has 5 nitrogen and oxygen atoms in total. The third kappa shape index (κ3) is 4.36. The van der Waals surface area contributed by atoms with Crippen LogP contribution in [0.3, 0.4) is 0 Å². The van der Waals surface area contributed by atoms with Crippen molar-refractivity contribution in [2.24, 2.45) is 5.92 Å². The predicted octanol–water partition coefficient (Wildman–Crippen LogP) is 3.96. The van der Waals surface area contributed by atoms with Crippen molar-refractivity contribution in [1.29, 1.82) is 0 Å². The van der Waals surface area contributed by atoms with Crippen LogP contribution in [0.4, 0.5) is 5.82 Å². The van der Waals surface area contributed by atoms with Gasteiger partial charge in [-0.15, -0.1) is 0 Å². The number of carbonyl (C=O) groups is 1. The van der Waals surface area contributed by atoms with Gasteiger partial charge in [0.25, 0.3) is 0 Å². The number of anilines is 1. The number of nitrogens with zero attached hydrogens (tertiary/aromatic N) is 4. The summed E-state index contributed by atoms with van der Waals surface area (Å²) in [6.45, 7) is 6.61. The lowest BCUT2D eigenvalue weighted by Gasteiger charge is -2.35. The second-order valence-electron chi connectivity index (χ2n) is 9.11. The van der Waals surface area contributed by atoms with Crippen molar-refractivity contribution in [1.82, 2.24) is 14.8 Å². The van der Waals surface area contributed by atoms with Gasteiger partial charge in [0.1, 0.15) is 5.82 Å². The van der Waals surface area contributed by atoms with Gasteiger partial charge in [0, 0.05) is 51.0 Å². The molecule has 3 heterocycles. The van der Waals surface area contributed by atoms with E-state index in [1.165, 1.54) is 36.9 Å². The average molecular weight is 405 g/mol. The molecule has 1 atom stereocenters. The highest BCUT2D eigenvalue weighted by molar-refractivity contribution is 5.64. The summed E-state index contributed by atoms with van der Waals surface area (Å²) in [5.41, 5.74) is 3.56. The van der Waals surface area contributed by atoms with Gasteiger partial charge in [-0.3, -0.25) is 9.69 Å². The molecule has 158 valence electrons. The number of hydrogen-bond acceptors (Lipinski definition) is 4. The van der Waals surface area contributed by atoms with Gasteiger partial charge in [0.15, 0.2) is 0 Å². The molecular formula is C25H32N4O. The Bertz CT molecular complexity index is 838. The van der Waals surface area contributed by atoms with Crippen LogP contribution in [0.5, 0.6) is 0 Å². The van der Waals surface area contributed by atoms with E-state index < -0.39 is 0 Å². The summed E-state index contributed by atoms with van der Waals surface area (Å²) >= 11 is 0. The molecule has 0 spiro atoms. The highest BCUT2D eigenvalue weighted by Crippen LogP contribution is 2.32. The molecule has 1 aromatic heterocycles. The molecule has 1 aliphatic carbocycles. The second-order valence-corrected chi connectivity index (χ2v) is 9.11. The smallest absolute Gasteiger partial charge is 0.210 e. The Kier molecular flexibility index (Phi) is 5.71. The zero-order valence-corrected chi connectivity index (χ0v) is 17.7. The number of hydrogen-bond donors (Lipinski definition) is 0. The lowest BCUT2D eigenvalue weighted by atomic mass is 9.94. The zero-order chi connectivity index (χ0) is 20.3. The molecule has 2 saturated heterocycles. The van der Waals surface area contributed by atoms with E-state index in [2.05, 4.69) is 46.2 Å². The normalized spacial score (nSPS) is 22.9. The number of benzene rings is 1. The van der Waals surface area contributed by atoms with Crippen molar-refractivity contribution in [2.75, 3.05) is 44.2 Å². The molecule has 2 aliphatic heterocycles. The molecule has 1 saturated carbocycles. The molecule has 2 aromatic rings. The number of pyridine rings is 1. The summed E-state index contributed by atoms with van der Waals surface area (Å²) in [6, 6.07) is 13.3. The molecule has 5 heteroatoms. The van der Waals surface area contributed by atoms with Crippen LogP contribution >= 0.6 is 0 Å². The minimum absolute atomic E-state index is 0.226. The molecule has 5 rings (SSSR count). The highest BCUT2D eigenvalue weighted by atomic mass is 16.1. The van der Waals surface area contributed by atoms with E-state index in [1.807, 2.05) is 11.1 Å². The molecule has 0 N–H and O–H groups in total. The molecule has 1 unspecified atom stereocenters. The third-order valence-electron chi connectivity index (χ3n) is 6.97. The minimum atomic E-state index is 0.226. The molecule has 3 aliphatic rings. The number of rotatable bonds is 6. The van der Waals surface area contributed by atoms with Crippen LogP contribution in [-0.2, 0) is 4.79 Å². The van der Waals surface area contributed by atoms with Crippen LogP contribution in [0.25, 0.3) is 11.1 Å². The van der Waals surface area contributed by atoms with Gasteiger partial charge in [-0.1, -0.05) is 24.3 Å². The van der Waals surface area contributed by atoms with Crippen molar-refractivity contribution < 1.29 is 4.79 Å². The predicted molar refractivity (Wildman–Crippen MR) is 120 cm³/mol. The lowest BCUT2D eigenvalue weighted by Crippen LogP contribution is -2.47. The van der Waals surface area contributed by atoms with Crippen LogP contribution in [0.2, 0.25) is 0 Å². The summed E-state index contributed by atoms with van der Waals surface area (Å²) in [5.74, 6) is 2.06. The fourth-order valence-electron chi connectivity index (χ4n) is 4.90. The van der Waals surface area contributed by atoms with Crippen LogP contribution in [-0.4, -0.2) is 60.5 Å². The largest absolute Gasteiger partial charge is 0.354 e. The maximum atomic E-state index is 11.4. The van der Waals surface area contributed by atoms with E-state index in [0.717, 1.165) is 69.3 Å². The summed E-state index contributed by atoms with van der Waals surface area (Å²) < 4.78 is 0. The number of carbonyl (C=O) groups excluding carboxylic acids is 1. The molecular weight excluding hydrogens is 372 g/mol. The number of aromatic nitrogens is 1. The molecule has 0 bridgehead atoms. The topological polar surface area (TPSA) is 39.7 Å². The van der Waals surface area contributed by atoms with Gasteiger partial charge >= 0.3 is 0 Å².